The van der Waals surface area contributed by atoms with Crippen LogP contribution < -0.4 is 4.18 Å². The minimum Gasteiger partial charge on any atom is -0.362 e. The summed E-state index contributed by atoms with van der Waals surface area (Å²) in [5.41, 5.74) is 3.19. The monoisotopic (exact) mass is 357 g/mol. The number of rotatable bonds is 5. The maximum Gasteiger partial charge on any atom is 0.310 e. The van der Waals surface area contributed by atoms with E-state index in [1.54, 1.807) is 18.6 Å². The summed E-state index contributed by atoms with van der Waals surface area (Å²) in [7, 11) is -3.64. The topological polar surface area (TPSA) is 108 Å². The number of hydrogen-bond donors (Lipinski definition) is 0. The van der Waals surface area contributed by atoms with Crippen molar-refractivity contribution in [2.45, 2.75) is 25.7 Å². The number of pyridine rings is 1. The highest BCUT2D eigenvalue weighted by molar-refractivity contribution is 7.87. The highest BCUT2D eigenvalue weighted by atomic mass is 32.2. The molecule has 0 atom stereocenters. The van der Waals surface area contributed by atoms with Gasteiger partial charge in [0.15, 0.2) is 0 Å². The lowest BCUT2D eigenvalue weighted by Gasteiger charge is -2.06. The molecule has 0 aromatic carbocycles. The predicted octanol–water partition coefficient (Wildman–Crippen LogP) is 2.09. The SMILES string of the molecule is CCS(=O)(=O)Oc1cc2nc(-c3cncc(C4CC4)n3)cnc2cn1. The lowest BCUT2D eigenvalue weighted by atomic mass is 10.2. The van der Waals surface area contributed by atoms with Crippen LogP contribution in [0.5, 0.6) is 5.88 Å². The molecule has 9 heteroatoms. The highest BCUT2D eigenvalue weighted by Gasteiger charge is 2.25. The molecule has 128 valence electrons. The van der Waals surface area contributed by atoms with Gasteiger partial charge in [0.1, 0.15) is 16.9 Å². The van der Waals surface area contributed by atoms with Crippen LogP contribution in [0.25, 0.3) is 22.4 Å². The Morgan fingerprint density at radius 2 is 1.84 bits per heavy atom. The molecule has 1 aliphatic rings. The minimum absolute atomic E-state index is 0.0291. The Morgan fingerprint density at radius 3 is 2.60 bits per heavy atom. The third kappa shape index (κ3) is 3.41. The third-order valence-corrected chi connectivity index (χ3v) is 5.01. The summed E-state index contributed by atoms with van der Waals surface area (Å²) >= 11 is 0. The largest absolute Gasteiger partial charge is 0.362 e. The standard InChI is InChI=1S/C16H15N5O3S/c1-2-25(22,23)24-16-5-11-13(8-19-16)18-9-15(20-11)14-7-17-6-12(21-14)10-3-4-10/h5-10H,2-4H2,1H3. The number of hydrogen-bond acceptors (Lipinski definition) is 8. The molecule has 8 nitrogen and oxygen atoms in total. The smallest absolute Gasteiger partial charge is 0.310 e. The molecular weight excluding hydrogens is 342 g/mol. The summed E-state index contributed by atoms with van der Waals surface area (Å²) in [6, 6.07) is 1.46. The Kier molecular flexibility index (Phi) is 3.79. The second kappa shape index (κ2) is 5.99. The summed E-state index contributed by atoms with van der Waals surface area (Å²) in [6.45, 7) is 1.50. The molecule has 0 N–H and O–H groups in total. The van der Waals surface area contributed by atoms with Gasteiger partial charge in [0.2, 0.25) is 5.88 Å². The fourth-order valence-electron chi connectivity index (χ4n) is 2.34. The Balaban J connectivity index is 1.72. The van der Waals surface area contributed by atoms with Crippen molar-refractivity contribution >= 4 is 21.2 Å². The lowest BCUT2D eigenvalue weighted by Crippen LogP contribution is -2.12. The first-order valence-corrected chi connectivity index (χ1v) is 9.49. The van der Waals surface area contributed by atoms with Crippen LogP contribution in [0.2, 0.25) is 0 Å². The molecule has 3 aromatic rings. The van der Waals surface area contributed by atoms with Crippen LogP contribution in [0.15, 0.2) is 30.9 Å². The van der Waals surface area contributed by atoms with Crippen LogP contribution in [-0.4, -0.2) is 39.1 Å². The molecule has 0 saturated heterocycles. The quantitative estimate of drug-likeness (QED) is 0.639. The van der Waals surface area contributed by atoms with E-state index in [9.17, 15) is 8.42 Å². The van der Waals surface area contributed by atoms with Gasteiger partial charge in [0.25, 0.3) is 0 Å². The van der Waals surface area contributed by atoms with E-state index in [0.717, 1.165) is 18.5 Å². The number of nitrogens with zero attached hydrogens (tertiary/aromatic N) is 5. The molecule has 0 bridgehead atoms. The second-order valence-electron chi connectivity index (χ2n) is 5.80. The zero-order chi connectivity index (χ0) is 17.4. The van der Waals surface area contributed by atoms with Crippen molar-refractivity contribution in [3.8, 4) is 17.3 Å². The maximum atomic E-state index is 11.6. The van der Waals surface area contributed by atoms with Crippen molar-refractivity contribution in [2.75, 3.05) is 5.75 Å². The van der Waals surface area contributed by atoms with E-state index in [4.69, 9.17) is 4.18 Å². The normalized spacial score (nSPS) is 14.6. The molecule has 0 amide bonds. The minimum atomic E-state index is -3.64. The van der Waals surface area contributed by atoms with Crippen LogP contribution in [0.3, 0.4) is 0 Å². The van der Waals surface area contributed by atoms with Gasteiger partial charge in [-0.2, -0.15) is 8.42 Å². The zero-order valence-corrected chi connectivity index (χ0v) is 14.3. The van der Waals surface area contributed by atoms with Gasteiger partial charge in [-0.25, -0.2) is 15.0 Å². The molecule has 0 radical (unpaired) electrons. The van der Waals surface area contributed by atoms with E-state index < -0.39 is 10.1 Å². The molecule has 0 unspecified atom stereocenters. The van der Waals surface area contributed by atoms with E-state index in [1.807, 2.05) is 0 Å². The maximum absolute atomic E-state index is 11.6. The molecule has 1 aliphatic carbocycles. The average Bonchev–Trinajstić information content (AvgIpc) is 3.46. The average molecular weight is 357 g/mol. The molecule has 0 aliphatic heterocycles. The van der Waals surface area contributed by atoms with Crippen LogP contribution in [0.1, 0.15) is 31.4 Å². The molecule has 3 heterocycles. The first kappa shape index (κ1) is 15.8. The van der Waals surface area contributed by atoms with Gasteiger partial charge < -0.3 is 4.18 Å². The van der Waals surface area contributed by atoms with E-state index in [2.05, 4.69) is 24.9 Å². The Hall–Kier alpha value is -2.68. The second-order valence-corrected chi connectivity index (χ2v) is 7.66. The molecule has 25 heavy (non-hydrogen) atoms. The fraction of sp³-hybridized carbons (Fsp3) is 0.312. The lowest BCUT2D eigenvalue weighted by molar-refractivity contribution is 0.478. The van der Waals surface area contributed by atoms with E-state index in [1.165, 1.54) is 19.2 Å². The van der Waals surface area contributed by atoms with E-state index in [0.29, 0.717) is 28.3 Å². The van der Waals surface area contributed by atoms with Crippen LogP contribution in [0, 0.1) is 0 Å². The molecule has 0 spiro atoms. The van der Waals surface area contributed by atoms with Gasteiger partial charge in [-0.15, -0.1) is 0 Å². The van der Waals surface area contributed by atoms with Crippen LogP contribution in [-0.2, 0) is 10.1 Å². The summed E-state index contributed by atoms with van der Waals surface area (Å²) in [6.07, 6.45) is 8.73. The van der Waals surface area contributed by atoms with Crippen molar-refractivity contribution in [3.63, 3.8) is 0 Å². The molecule has 1 saturated carbocycles. The van der Waals surface area contributed by atoms with Gasteiger partial charge in [-0.1, -0.05) is 0 Å². The zero-order valence-electron chi connectivity index (χ0n) is 13.5. The van der Waals surface area contributed by atoms with Crippen molar-refractivity contribution < 1.29 is 12.6 Å². The van der Waals surface area contributed by atoms with Crippen molar-refractivity contribution in [1.82, 2.24) is 24.9 Å². The summed E-state index contributed by atoms with van der Waals surface area (Å²) in [5.74, 6) is 0.324. The van der Waals surface area contributed by atoms with Gasteiger partial charge >= 0.3 is 10.1 Å². The fourth-order valence-corrected chi connectivity index (χ4v) is 2.80. The van der Waals surface area contributed by atoms with E-state index >= 15 is 0 Å². The predicted molar refractivity (Wildman–Crippen MR) is 90.4 cm³/mol. The third-order valence-electron chi connectivity index (χ3n) is 3.88. The van der Waals surface area contributed by atoms with Crippen molar-refractivity contribution in [1.29, 1.82) is 0 Å². The van der Waals surface area contributed by atoms with Gasteiger partial charge in [0, 0.05) is 18.2 Å². The Labute approximate surface area is 144 Å². The van der Waals surface area contributed by atoms with Gasteiger partial charge in [-0.05, 0) is 19.8 Å². The summed E-state index contributed by atoms with van der Waals surface area (Å²) in [4.78, 5) is 21.6. The molecule has 4 rings (SSSR count). The molecular formula is C16H15N5O3S. The van der Waals surface area contributed by atoms with Crippen molar-refractivity contribution in [2.24, 2.45) is 0 Å². The highest BCUT2D eigenvalue weighted by Crippen LogP contribution is 2.39. The first-order valence-electron chi connectivity index (χ1n) is 7.91. The Morgan fingerprint density at radius 1 is 1.04 bits per heavy atom. The van der Waals surface area contributed by atoms with Crippen molar-refractivity contribution in [3.05, 3.63) is 36.5 Å². The van der Waals surface area contributed by atoms with Crippen LogP contribution in [0.4, 0.5) is 0 Å². The van der Waals surface area contributed by atoms with Gasteiger partial charge in [0.05, 0.1) is 35.6 Å². The van der Waals surface area contributed by atoms with Gasteiger partial charge in [-0.3, -0.25) is 9.97 Å². The number of fused-ring (bicyclic) bond motifs is 1. The summed E-state index contributed by atoms with van der Waals surface area (Å²) in [5, 5.41) is 0. The molecule has 3 aromatic heterocycles. The summed E-state index contributed by atoms with van der Waals surface area (Å²) < 4.78 is 28.1. The van der Waals surface area contributed by atoms with E-state index in [-0.39, 0.29) is 11.6 Å². The number of aromatic nitrogens is 5. The molecule has 1 fully saturated rings. The Bertz CT molecular complexity index is 1050. The first-order chi connectivity index (χ1) is 12.0. The van der Waals surface area contributed by atoms with Crippen LogP contribution >= 0.6 is 0 Å².